The van der Waals surface area contributed by atoms with E-state index in [1.807, 2.05) is 0 Å². The van der Waals surface area contributed by atoms with E-state index in [2.05, 4.69) is 11.1 Å². The predicted octanol–water partition coefficient (Wildman–Crippen LogP) is 2.78. The Morgan fingerprint density at radius 3 is 2.62 bits per heavy atom. The summed E-state index contributed by atoms with van der Waals surface area (Å²) in [6.07, 6.45) is 1.42. The van der Waals surface area contributed by atoms with Crippen molar-refractivity contribution in [2.24, 2.45) is 0 Å². The van der Waals surface area contributed by atoms with Crippen LogP contribution in [0.2, 0.25) is 0 Å². The number of carboxylic acids is 1. The minimum absolute atomic E-state index is 0.0670. The van der Waals surface area contributed by atoms with Crippen molar-refractivity contribution in [2.75, 3.05) is 13.2 Å². The summed E-state index contributed by atoms with van der Waals surface area (Å²) < 4.78 is 5.31. The van der Waals surface area contributed by atoms with Crippen LogP contribution in [-0.4, -0.2) is 34.4 Å². The molecular formula is C18H14N2O4. The Hall–Kier alpha value is -3.30. The molecule has 120 valence electrons. The number of nitrogens with zero attached hydrogens (tertiary/aromatic N) is 1. The van der Waals surface area contributed by atoms with Gasteiger partial charge in [-0.25, -0.2) is 4.79 Å². The number of aromatic carboxylic acids is 1. The molecule has 6 nitrogen and oxygen atoms in total. The SMILES string of the molecule is N#Cc1cc2[nH]cc(C(=O)O)c2cc1-c1ccc(OCCO)cc1. The molecule has 1 heterocycles. The fraction of sp³-hybridized carbons (Fsp3) is 0.111. The molecule has 3 aromatic rings. The van der Waals surface area contributed by atoms with Crippen molar-refractivity contribution < 1.29 is 19.7 Å². The fourth-order valence-corrected chi connectivity index (χ4v) is 2.57. The first kappa shape index (κ1) is 15.6. The van der Waals surface area contributed by atoms with Crippen LogP contribution in [0.25, 0.3) is 22.0 Å². The largest absolute Gasteiger partial charge is 0.491 e. The smallest absolute Gasteiger partial charge is 0.337 e. The molecule has 3 rings (SSSR count). The van der Waals surface area contributed by atoms with Gasteiger partial charge in [0.15, 0.2) is 0 Å². The summed E-state index contributed by atoms with van der Waals surface area (Å²) >= 11 is 0. The minimum Gasteiger partial charge on any atom is -0.491 e. The Labute approximate surface area is 137 Å². The third-order valence-corrected chi connectivity index (χ3v) is 3.70. The summed E-state index contributed by atoms with van der Waals surface area (Å²) in [5.41, 5.74) is 2.66. The molecule has 0 unspecified atom stereocenters. The van der Waals surface area contributed by atoms with Crippen LogP contribution in [0.15, 0.2) is 42.6 Å². The van der Waals surface area contributed by atoms with E-state index in [1.165, 1.54) is 6.20 Å². The number of hydrogen-bond acceptors (Lipinski definition) is 4. The second-order valence-electron chi connectivity index (χ2n) is 5.16. The molecule has 0 aliphatic heterocycles. The maximum absolute atomic E-state index is 11.3. The number of aromatic amines is 1. The number of benzene rings is 2. The molecule has 0 saturated carbocycles. The van der Waals surface area contributed by atoms with Gasteiger partial charge in [-0.05, 0) is 29.8 Å². The molecular weight excluding hydrogens is 308 g/mol. The maximum Gasteiger partial charge on any atom is 0.337 e. The van der Waals surface area contributed by atoms with E-state index in [4.69, 9.17) is 9.84 Å². The molecule has 0 atom stereocenters. The average Bonchev–Trinajstić information content (AvgIpc) is 3.02. The van der Waals surface area contributed by atoms with Gasteiger partial charge in [0.25, 0.3) is 0 Å². The van der Waals surface area contributed by atoms with Gasteiger partial charge in [-0.2, -0.15) is 5.26 Å². The predicted molar refractivity (Wildman–Crippen MR) is 88.0 cm³/mol. The van der Waals surface area contributed by atoms with E-state index >= 15 is 0 Å². The Kier molecular flexibility index (Phi) is 4.18. The van der Waals surface area contributed by atoms with Gasteiger partial charge in [-0.15, -0.1) is 0 Å². The van der Waals surface area contributed by atoms with E-state index in [-0.39, 0.29) is 18.8 Å². The Balaban J connectivity index is 2.08. The van der Waals surface area contributed by atoms with Gasteiger partial charge < -0.3 is 19.9 Å². The highest BCUT2D eigenvalue weighted by Crippen LogP contribution is 2.31. The lowest BCUT2D eigenvalue weighted by Crippen LogP contribution is -2.01. The standard InChI is InChI=1S/C18H14N2O4/c19-9-12-7-17-15(16(10-20-17)18(22)23)8-14(12)11-1-3-13(4-2-11)24-6-5-21/h1-4,7-8,10,20-21H,5-6H2,(H,22,23). The molecule has 0 fully saturated rings. The van der Waals surface area contributed by atoms with Crippen LogP contribution in [0.4, 0.5) is 0 Å². The second kappa shape index (κ2) is 6.44. The molecule has 0 saturated heterocycles. The zero-order valence-corrected chi connectivity index (χ0v) is 12.6. The van der Waals surface area contributed by atoms with Crippen LogP contribution in [0.3, 0.4) is 0 Å². The van der Waals surface area contributed by atoms with E-state index in [9.17, 15) is 15.2 Å². The van der Waals surface area contributed by atoms with Crippen molar-refractivity contribution in [3.8, 4) is 22.9 Å². The Morgan fingerprint density at radius 1 is 1.25 bits per heavy atom. The van der Waals surface area contributed by atoms with Crippen LogP contribution >= 0.6 is 0 Å². The second-order valence-corrected chi connectivity index (χ2v) is 5.16. The lowest BCUT2D eigenvalue weighted by Gasteiger charge is -2.08. The number of carboxylic acid groups (broad SMARTS) is 1. The summed E-state index contributed by atoms with van der Waals surface area (Å²) in [5.74, 6) is -0.412. The normalized spacial score (nSPS) is 10.5. The van der Waals surface area contributed by atoms with Crippen molar-refractivity contribution in [2.45, 2.75) is 0 Å². The van der Waals surface area contributed by atoms with Crippen LogP contribution in [-0.2, 0) is 0 Å². The number of rotatable bonds is 5. The Bertz CT molecular complexity index is 936. The van der Waals surface area contributed by atoms with Crippen LogP contribution < -0.4 is 4.74 Å². The molecule has 0 spiro atoms. The van der Waals surface area contributed by atoms with E-state index in [1.54, 1.807) is 36.4 Å². The zero-order chi connectivity index (χ0) is 17.1. The molecule has 1 aromatic heterocycles. The van der Waals surface area contributed by atoms with Gasteiger partial charge in [0.05, 0.1) is 23.8 Å². The topological polar surface area (TPSA) is 106 Å². The van der Waals surface area contributed by atoms with Crippen molar-refractivity contribution in [3.63, 3.8) is 0 Å². The summed E-state index contributed by atoms with van der Waals surface area (Å²) in [7, 11) is 0. The van der Waals surface area contributed by atoms with Crippen LogP contribution in [0.5, 0.6) is 5.75 Å². The summed E-state index contributed by atoms with van der Waals surface area (Å²) in [5, 5.41) is 28.0. The van der Waals surface area contributed by atoms with Crippen molar-refractivity contribution in [3.05, 3.63) is 53.7 Å². The lowest BCUT2D eigenvalue weighted by atomic mass is 9.97. The summed E-state index contributed by atoms with van der Waals surface area (Å²) in [4.78, 5) is 14.2. The number of aromatic nitrogens is 1. The minimum atomic E-state index is -1.02. The molecule has 0 aliphatic rings. The summed E-state index contributed by atoms with van der Waals surface area (Å²) in [6, 6.07) is 12.6. The summed E-state index contributed by atoms with van der Waals surface area (Å²) in [6.45, 7) is 0.141. The molecule has 2 aromatic carbocycles. The molecule has 3 N–H and O–H groups in total. The van der Waals surface area contributed by atoms with Crippen molar-refractivity contribution in [1.82, 2.24) is 4.98 Å². The average molecular weight is 322 g/mol. The molecule has 0 amide bonds. The van der Waals surface area contributed by atoms with Gasteiger partial charge in [-0.3, -0.25) is 0 Å². The highest BCUT2D eigenvalue weighted by atomic mass is 16.5. The van der Waals surface area contributed by atoms with Gasteiger partial charge in [0.2, 0.25) is 0 Å². The number of H-pyrrole nitrogens is 1. The van der Waals surface area contributed by atoms with E-state index in [0.717, 1.165) is 5.56 Å². The number of aliphatic hydroxyl groups excluding tert-OH is 1. The van der Waals surface area contributed by atoms with Crippen LogP contribution in [0.1, 0.15) is 15.9 Å². The number of ether oxygens (including phenoxy) is 1. The molecule has 6 heteroatoms. The first-order valence-electron chi connectivity index (χ1n) is 7.26. The Morgan fingerprint density at radius 2 is 2.00 bits per heavy atom. The number of nitrogens with one attached hydrogen (secondary N) is 1. The third kappa shape index (κ3) is 2.81. The number of aliphatic hydroxyl groups is 1. The van der Waals surface area contributed by atoms with Crippen molar-refractivity contribution >= 4 is 16.9 Å². The highest BCUT2D eigenvalue weighted by molar-refractivity contribution is 6.05. The van der Waals surface area contributed by atoms with Gasteiger partial charge in [0, 0.05) is 22.7 Å². The molecule has 0 aliphatic carbocycles. The van der Waals surface area contributed by atoms with Crippen LogP contribution in [0, 0.1) is 11.3 Å². The third-order valence-electron chi connectivity index (χ3n) is 3.70. The quantitative estimate of drug-likeness (QED) is 0.669. The highest BCUT2D eigenvalue weighted by Gasteiger charge is 2.14. The van der Waals surface area contributed by atoms with Gasteiger partial charge in [-0.1, -0.05) is 12.1 Å². The fourth-order valence-electron chi connectivity index (χ4n) is 2.57. The van der Waals surface area contributed by atoms with E-state index in [0.29, 0.717) is 27.8 Å². The number of hydrogen-bond donors (Lipinski definition) is 3. The lowest BCUT2D eigenvalue weighted by molar-refractivity contribution is 0.0699. The number of nitriles is 1. The molecule has 0 radical (unpaired) electrons. The number of fused-ring (bicyclic) bond motifs is 1. The van der Waals surface area contributed by atoms with Gasteiger partial charge in [0.1, 0.15) is 12.4 Å². The molecule has 0 bridgehead atoms. The molecule has 24 heavy (non-hydrogen) atoms. The van der Waals surface area contributed by atoms with Gasteiger partial charge >= 0.3 is 5.97 Å². The number of carbonyl (C=O) groups is 1. The maximum atomic E-state index is 11.3. The first-order chi connectivity index (χ1) is 11.6. The van der Waals surface area contributed by atoms with Crippen molar-refractivity contribution in [1.29, 1.82) is 5.26 Å². The first-order valence-corrected chi connectivity index (χ1v) is 7.26. The zero-order valence-electron chi connectivity index (χ0n) is 12.6. The monoisotopic (exact) mass is 322 g/mol. The van der Waals surface area contributed by atoms with E-state index < -0.39 is 5.97 Å².